The molecule has 0 spiro atoms. The highest BCUT2D eigenvalue weighted by Crippen LogP contribution is 2.75. The topological polar surface area (TPSA) is 74.1 Å². The predicted molar refractivity (Wildman–Crippen MR) is 183 cm³/mol. The molecule has 4 fully saturated rings. The number of benzene rings is 1. The first-order valence-corrected chi connectivity index (χ1v) is 18.6. The summed E-state index contributed by atoms with van der Waals surface area (Å²) in [6, 6.07) is 7.89. The van der Waals surface area contributed by atoms with Crippen molar-refractivity contribution in [3.05, 3.63) is 52.3 Å². The molecule has 5 aliphatic rings. The highest BCUT2D eigenvalue weighted by Gasteiger charge is 2.69. The molecule has 0 aliphatic heterocycles. The summed E-state index contributed by atoms with van der Waals surface area (Å²) >= 11 is 3.60. The molecule has 5 aliphatic carbocycles. The van der Waals surface area contributed by atoms with Gasteiger partial charge in [0.1, 0.15) is 18.1 Å². The van der Waals surface area contributed by atoms with E-state index in [9.17, 15) is 9.59 Å². The van der Waals surface area contributed by atoms with Crippen molar-refractivity contribution >= 4 is 27.7 Å². The first-order valence-electron chi connectivity index (χ1n) is 17.8. The van der Waals surface area contributed by atoms with E-state index in [0.29, 0.717) is 41.6 Å². The number of carbonyl (C=O) groups is 2. The zero-order valence-corrected chi connectivity index (χ0v) is 30.5. The van der Waals surface area contributed by atoms with Crippen molar-refractivity contribution in [3.8, 4) is 5.69 Å². The molecular weight excluding hydrogens is 638 g/mol. The maximum Gasteiger partial charge on any atom is 0.313 e. The lowest BCUT2D eigenvalue weighted by Crippen LogP contribution is -2.65. The Labute approximate surface area is 283 Å². The van der Waals surface area contributed by atoms with E-state index in [1.54, 1.807) is 10.3 Å². The van der Waals surface area contributed by atoms with Gasteiger partial charge in [0.2, 0.25) is 0 Å². The molecule has 0 N–H and O–H groups in total. The van der Waals surface area contributed by atoms with Gasteiger partial charge in [-0.05, 0) is 125 Å². The number of esters is 1. The van der Waals surface area contributed by atoms with Gasteiger partial charge >= 0.3 is 5.97 Å². The average Bonchev–Trinajstić information content (AvgIpc) is 3.49. The summed E-state index contributed by atoms with van der Waals surface area (Å²) in [4.78, 5) is 27.6. The zero-order valence-electron chi connectivity index (χ0n) is 28.9. The number of aromatic nitrogens is 3. The Kier molecular flexibility index (Phi) is 7.62. The molecule has 1 heterocycles. The second kappa shape index (κ2) is 10.9. The van der Waals surface area contributed by atoms with E-state index in [1.165, 1.54) is 0 Å². The minimum Gasteiger partial charge on any atom is -0.459 e. The molecular formula is C39H52BrN3O3. The van der Waals surface area contributed by atoms with Crippen LogP contribution in [0.15, 0.2) is 46.6 Å². The summed E-state index contributed by atoms with van der Waals surface area (Å²) in [6.45, 7) is 17.0. The van der Waals surface area contributed by atoms with E-state index in [1.807, 2.05) is 30.5 Å². The van der Waals surface area contributed by atoms with Crippen LogP contribution >= 0.6 is 15.9 Å². The highest BCUT2D eigenvalue weighted by molar-refractivity contribution is 9.10. The SMILES string of the molecule is C[C@@H]1CC[C@]2(C(=O)OCc3cn(-c4ccccc4Br)nn3)CC[C@]3(C)C(=CCC4[C@@]5(C)CCC(=O)C(C)(C)C5CC[C@]43C)C2[C@H]1C. The molecule has 7 rings (SSSR count). The standard InChI is InChI=1S/C39H52BrN3O3/c1-24-14-19-39(34(45)46-23-26-22-43(42-41-26)29-11-9-8-10-28(29)40)21-20-37(6)27(33(39)25(24)2)12-13-31-36(5)17-16-32(44)35(3,4)30(36)15-18-38(31,37)7/h8-12,22,24-25,30-31,33H,13-21,23H2,1-7H3/t24-,25+,30?,31?,33?,36+,37-,38-,39+/m1/s1. The Morgan fingerprint density at radius 3 is 2.52 bits per heavy atom. The molecule has 1 aromatic heterocycles. The van der Waals surface area contributed by atoms with Crippen molar-refractivity contribution in [2.45, 2.75) is 113 Å². The largest absolute Gasteiger partial charge is 0.459 e. The van der Waals surface area contributed by atoms with E-state index in [4.69, 9.17) is 4.74 Å². The van der Waals surface area contributed by atoms with Crippen LogP contribution in [0, 0.1) is 56.7 Å². The van der Waals surface area contributed by atoms with Crippen LogP contribution in [0.2, 0.25) is 0 Å². The molecule has 3 unspecified atom stereocenters. The third kappa shape index (κ3) is 4.38. The Morgan fingerprint density at radius 1 is 1.00 bits per heavy atom. The summed E-state index contributed by atoms with van der Waals surface area (Å²) < 4.78 is 8.89. The summed E-state index contributed by atoms with van der Waals surface area (Å²) in [7, 11) is 0. The van der Waals surface area contributed by atoms with Crippen molar-refractivity contribution in [1.82, 2.24) is 15.0 Å². The van der Waals surface area contributed by atoms with Gasteiger partial charge < -0.3 is 4.74 Å². The molecule has 0 saturated heterocycles. The van der Waals surface area contributed by atoms with Crippen molar-refractivity contribution < 1.29 is 14.3 Å². The summed E-state index contributed by atoms with van der Waals surface area (Å²) in [5.74, 6) is 2.53. The number of rotatable bonds is 4. The number of Topliss-reactive ketones (excluding diaryl/α,β-unsaturated/α-hetero) is 1. The molecule has 0 radical (unpaired) electrons. The van der Waals surface area contributed by atoms with Crippen LogP contribution < -0.4 is 0 Å². The Morgan fingerprint density at radius 2 is 1.76 bits per heavy atom. The average molecular weight is 691 g/mol. The molecule has 2 aromatic rings. The van der Waals surface area contributed by atoms with Crippen molar-refractivity contribution in [2.75, 3.05) is 0 Å². The summed E-state index contributed by atoms with van der Waals surface area (Å²) in [6.07, 6.45) is 13.3. The molecule has 0 bridgehead atoms. The van der Waals surface area contributed by atoms with E-state index < -0.39 is 5.41 Å². The lowest BCUT2D eigenvalue weighted by molar-refractivity contribution is -0.193. The maximum absolute atomic E-state index is 14.4. The van der Waals surface area contributed by atoms with Crippen LogP contribution in [-0.4, -0.2) is 26.7 Å². The molecule has 248 valence electrons. The molecule has 1 aromatic carbocycles. The number of nitrogens with zero attached hydrogens (tertiary/aromatic N) is 3. The zero-order chi connectivity index (χ0) is 32.9. The van der Waals surface area contributed by atoms with E-state index >= 15 is 0 Å². The third-order valence-electron chi connectivity index (χ3n) is 15.1. The van der Waals surface area contributed by atoms with Crippen LogP contribution in [-0.2, 0) is 20.9 Å². The van der Waals surface area contributed by atoms with E-state index in [2.05, 4.69) is 80.8 Å². The minimum absolute atomic E-state index is 0.0288. The monoisotopic (exact) mass is 689 g/mol. The number of para-hydroxylation sites is 1. The number of fused-ring (bicyclic) bond motifs is 7. The second-order valence-corrected chi connectivity index (χ2v) is 18.0. The van der Waals surface area contributed by atoms with Gasteiger partial charge in [0.25, 0.3) is 0 Å². The fraction of sp³-hybridized carbons (Fsp3) is 0.692. The van der Waals surface area contributed by atoms with Crippen molar-refractivity contribution in [3.63, 3.8) is 0 Å². The van der Waals surface area contributed by atoms with Crippen LogP contribution in [0.1, 0.15) is 112 Å². The Balaban J connectivity index is 1.19. The van der Waals surface area contributed by atoms with Crippen LogP contribution in [0.5, 0.6) is 0 Å². The minimum atomic E-state index is -0.501. The number of hydrogen-bond acceptors (Lipinski definition) is 5. The predicted octanol–water partition coefficient (Wildman–Crippen LogP) is 9.30. The number of hydrogen-bond donors (Lipinski definition) is 0. The van der Waals surface area contributed by atoms with Gasteiger partial charge in [-0.15, -0.1) is 5.10 Å². The lowest BCUT2D eigenvalue weighted by atomic mass is 9.33. The summed E-state index contributed by atoms with van der Waals surface area (Å²) in [5.41, 5.74) is 2.67. The maximum atomic E-state index is 14.4. The number of carbonyl (C=O) groups excluding carboxylic acids is 2. The molecule has 9 atom stereocenters. The van der Waals surface area contributed by atoms with E-state index in [0.717, 1.165) is 61.5 Å². The van der Waals surface area contributed by atoms with Crippen LogP contribution in [0.25, 0.3) is 5.69 Å². The lowest BCUT2D eigenvalue weighted by Gasteiger charge is -2.70. The highest BCUT2D eigenvalue weighted by atomic mass is 79.9. The number of halogens is 1. The van der Waals surface area contributed by atoms with E-state index in [-0.39, 0.29) is 40.2 Å². The molecule has 6 nitrogen and oxygen atoms in total. The van der Waals surface area contributed by atoms with Gasteiger partial charge in [0.15, 0.2) is 0 Å². The Hall–Kier alpha value is -2.28. The molecule has 7 heteroatoms. The summed E-state index contributed by atoms with van der Waals surface area (Å²) in [5, 5.41) is 8.66. The first-order chi connectivity index (χ1) is 21.7. The number of ketones is 1. The smallest absolute Gasteiger partial charge is 0.313 e. The number of allylic oxidation sites excluding steroid dienone is 2. The molecule has 0 amide bonds. The van der Waals surface area contributed by atoms with Gasteiger partial charge in [-0.25, -0.2) is 4.68 Å². The fourth-order valence-corrected chi connectivity index (χ4v) is 12.5. The van der Waals surface area contributed by atoms with Crippen molar-refractivity contribution in [2.24, 2.45) is 56.7 Å². The van der Waals surface area contributed by atoms with Gasteiger partial charge in [0, 0.05) is 16.3 Å². The van der Waals surface area contributed by atoms with Crippen LogP contribution in [0.3, 0.4) is 0 Å². The normalized spacial score (nSPS) is 41.3. The fourth-order valence-electron chi connectivity index (χ4n) is 12.0. The Bertz CT molecular complexity index is 1600. The van der Waals surface area contributed by atoms with Gasteiger partial charge in [-0.2, -0.15) is 0 Å². The number of ether oxygens (including phenoxy) is 1. The third-order valence-corrected chi connectivity index (χ3v) is 15.8. The first kappa shape index (κ1) is 32.3. The van der Waals surface area contributed by atoms with Gasteiger partial charge in [0.05, 0.1) is 17.3 Å². The van der Waals surface area contributed by atoms with Crippen molar-refractivity contribution in [1.29, 1.82) is 0 Å². The van der Waals surface area contributed by atoms with Gasteiger partial charge in [-0.3, -0.25) is 9.59 Å². The molecule has 4 saturated carbocycles. The quantitative estimate of drug-likeness (QED) is 0.236. The van der Waals surface area contributed by atoms with Crippen LogP contribution in [0.4, 0.5) is 0 Å². The molecule has 46 heavy (non-hydrogen) atoms. The second-order valence-electron chi connectivity index (χ2n) is 17.1. The van der Waals surface area contributed by atoms with Gasteiger partial charge in [-0.1, -0.05) is 77.5 Å².